The van der Waals surface area contributed by atoms with Crippen molar-refractivity contribution in [2.24, 2.45) is 0 Å². The summed E-state index contributed by atoms with van der Waals surface area (Å²) in [6, 6.07) is 25.1. The summed E-state index contributed by atoms with van der Waals surface area (Å²) in [4.78, 5) is 11.7. The van der Waals surface area contributed by atoms with Crippen molar-refractivity contribution >= 4 is 17.6 Å². The number of allylic oxidation sites excluding steroid dienone is 1. The van der Waals surface area contributed by atoms with E-state index in [9.17, 15) is 15.3 Å². The van der Waals surface area contributed by atoms with Gasteiger partial charge >= 0.3 is 5.97 Å². The number of carbonyl (C=O) groups is 1. The van der Waals surface area contributed by atoms with Crippen molar-refractivity contribution in [2.75, 3.05) is 7.11 Å². The molecule has 0 bridgehead atoms. The second-order valence-electron chi connectivity index (χ2n) is 6.67. The van der Waals surface area contributed by atoms with Crippen LogP contribution in [-0.4, -0.2) is 13.1 Å². The van der Waals surface area contributed by atoms with E-state index in [1.54, 1.807) is 24.3 Å². The lowest BCUT2D eigenvalue weighted by molar-refractivity contribution is -0.688. The van der Waals surface area contributed by atoms with Crippen LogP contribution < -0.4 is 4.57 Å². The summed E-state index contributed by atoms with van der Waals surface area (Å²) in [7, 11) is 1.25. The first kappa shape index (κ1) is 20.5. The van der Waals surface area contributed by atoms with Crippen molar-refractivity contribution in [1.29, 1.82) is 10.5 Å². The van der Waals surface area contributed by atoms with Crippen LogP contribution >= 0.6 is 0 Å². The molecule has 0 N–H and O–H groups in total. The molecular weight excluding hydrogens is 374 g/mol. The number of nitriles is 2. The largest absolute Gasteiger partial charge is 0.468 e. The Bertz CT molecular complexity index is 1120. The lowest BCUT2D eigenvalue weighted by atomic mass is 9.97. The van der Waals surface area contributed by atoms with E-state index >= 15 is 0 Å². The number of esters is 1. The van der Waals surface area contributed by atoms with Crippen molar-refractivity contribution in [3.8, 4) is 12.1 Å². The number of rotatable bonds is 6. The smallest absolute Gasteiger partial charge is 0.327 e. The Hall–Kier alpha value is -4.22. The van der Waals surface area contributed by atoms with Gasteiger partial charge in [0.2, 0.25) is 0 Å². The summed E-state index contributed by atoms with van der Waals surface area (Å²) in [5, 5.41) is 18.8. The molecule has 30 heavy (non-hydrogen) atoms. The third-order valence-corrected chi connectivity index (χ3v) is 4.68. The third kappa shape index (κ3) is 4.98. The van der Waals surface area contributed by atoms with Gasteiger partial charge in [-0.05, 0) is 22.8 Å². The fraction of sp³-hybridized carbons (Fsp3) is 0.120. The van der Waals surface area contributed by atoms with Crippen LogP contribution in [0.25, 0.3) is 11.6 Å². The fourth-order valence-electron chi connectivity index (χ4n) is 3.05. The lowest BCUT2D eigenvalue weighted by Gasteiger charge is -2.08. The van der Waals surface area contributed by atoms with Crippen molar-refractivity contribution in [3.63, 3.8) is 0 Å². The number of ether oxygens (including phenoxy) is 1. The number of pyridine rings is 1. The average Bonchev–Trinajstić information content (AvgIpc) is 2.80. The number of benzene rings is 2. The normalized spacial score (nSPS) is 11.8. The Balaban J connectivity index is 1.78. The zero-order valence-electron chi connectivity index (χ0n) is 16.5. The Morgan fingerprint density at radius 2 is 1.70 bits per heavy atom. The van der Waals surface area contributed by atoms with Crippen molar-refractivity contribution in [3.05, 3.63) is 101 Å². The highest BCUT2D eigenvalue weighted by molar-refractivity contribution is 5.89. The SMILES string of the molecule is COC(=O)C(C#N)c1ccc(/C(C#N)=C\c2cc[n+](Cc3ccccc3)cc2)cc1. The molecule has 146 valence electrons. The average molecular weight is 394 g/mol. The maximum absolute atomic E-state index is 11.7. The number of hydrogen-bond donors (Lipinski definition) is 0. The second-order valence-corrected chi connectivity index (χ2v) is 6.67. The molecule has 0 fully saturated rings. The molecule has 3 rings (SSSR count). The van der Waals surface area contributed by atoms with Gasteiger partial charge in [-0.2, -0.15) is 10.5 Å². The summed E-state index contributed by atoms with van der Waals surface area (Å²) in [5.41, 5.74) is 3.86. The molecule has 0 aliphatic heterocycles. The van der Waals surface area contributed by atoms with Crippen LogP contribution in [0.15, 0.2) is 79.1 Å². The first-order valence-electron chi connectivity index (χ1n) is 9.37. The summed E-state index contributed by atoms with van der Waals surface area (Å²) in [6.45, 7) is 0.775. The molecule has 2 aromatic carbocycles. The van der Waals surface area contributed by atoms with Gasteiger partial charge in [-0.3, -0.25) is 4.79 Å². The van der Waals surface area contributed by atoms with Gasteiger partial charge in [0.1, 0.15) is 0 Å². The molecule has 3 aromatic rings. The standard InChI is InChI=1S/C25H20N3O2/c1-30-25(29)24(17-27)22-9-7-21(8-10-22)23(16-26)15-19-11-13-28(14-12-19)18-20-5-3-2-4-6-20/h2-15,24H,18H2,1H3/q+1/b23-15-. The van der Waals surface area contributed by atoms with Crippen LogP contribution in [0.2, 0.25) is 0 Å². The van der Waals surface area contributed by atoms with E-state index in [-0.39, 0.29) is 0 Å². The summed E-state index contributed by atoms with van der Waals surface area (Å²) in [5.74, 6) is -1.58. The topological polar surface area (TPSA) is 77.8 Å². The molecule has 0 aliphatic carbocycles. The molecule has 0 saturated heterocycles. The van der Waals surface area contributed by atoms with Crippen LogP contribution in [0, 0.1) is 22.7 Å². The number of nitrogens with zero attached hydrogens (tertiary/aromatic N) is 3. The van der Waals surface area contributed by atoms with Gasteiger partial charge in [0.05, 0.1) is 24.8 Å². The van der Waals surface area contributed by atoms with Gasteiger partial charge in [-0.15, -0.1) is 0 Å². The molecule has 0 amide bonds. The highest BCUT2D eigenvalue weighted by Gasteiger charge is 2.20. The van der Waals surface area contributed by atoms with Gasteiger partial charge < -0.3 is 4.74 Å². The quantitative estimate of drug-likeness (QED) is 0.361. The van der Waals surface area contributed by atoms with E-state index < -0.39 is 11.9 Å². The molecule has 1 unspecified atom stereocenters. The number of hydrogen-bond acceptors (Lipinski definition) is 4. The predicted molar refractivity (Wildman–Crippen MR) is 112 cm³/mol. The number of aromatic nitrogens is 1. The molecule has 5 nitrogen and oxygen atoms in total. The molecule has 0 spiro atoms. The summed E-state index contributed by atoms with van der Waals surface area (Å²) < 4.78 is 6.73. The van der Waals surface area contributed by atoms with E-state index in [2.05, 4.69) is 27.5 Å². The van der Waals surface area contributed by atoms with Gasteiger partial charge in [-0.25, -0.2) is 4.57 Å². The highest BCUT2D eigenvalue weighted by Crippen LogP contribution is 2.22. The lowest BCUT2D eigenvalue weighted by Crippen LogP contribution is -2.33. The Kier molecular flexibility index (Phi) is 6.71. The van der Waals surface area contributed by atoms with Gasteiger partial charge in [-0.1, -0.05) is 54.6 Å². The zero-order chi connectivity index (χ0) is 21.3. The minimum atomic E-state index is -0.979. The predicted octanol–water partition coefficient (Wildman–Crippen LogP) is 3.87. The number of methoxy groups -OCH3 is 1. The minimum Gasteiger partial charge on any atom is -0.468 e. The van der Waals surface area contributed by atoms with Gasteiger partial charge in [0.15, 0.2) is 24.9 Å². The van der Waals surface area contributed by atoms with Crippen LogP contribution in [0.4, 0.5) is 0 Å². The molecule has 0 saturated carbocycles. The number of carbonyl (C=O) groups excluding carboxylic acids is 1. The molecule has 0 aliphatic rings. The van der Waals surface area contributed by atoms with E-state index in [1.807, 2.05) is 54.9 Å². The van der Waals surface area contributed by atoms with Crippen molar-refractivity contribution in [2.45, 2.75) is 12.5 Å². The fourth-order valence-corrected chi connectivity index (χ4v) is 3.05. The molecular formula is C25H20N3O2+. The maximum atomic E-state index is 11.7. The Labute approximate surface area is 175 Å². The van der Waals surface area contributed by atoms with Gasteiger partial charge in [0.25, 0.3) is 0 Å². The molecule has 1 aromatic heterocycles. The van der Waals surface area contributed by atoms with E-state index in [1.165, 1.54) is 12.7 Å². The summed E-state index contributed by atoms with van der Waals surface area (Å²) in [6.07, 6.45) is 5.76. The minimum absolute atomic E-state index is 0.494. The van der Waals surface area contributed by atoms with Crippen molar-refractivity contribution in [1.82, 2.24) is 0 Å². The first-order chi connectivity index (χ1) is 14.6. The monoisotopic (exact) mass is 394 g/mol. The first-order valence-corrected chi connectivity index (χ1v) is 9.37. The van der Waals surface area contributed by atoms with Crippen LogP contribution in [-0.2, 0) is 16.1 Å². The van der Waals surface area contributed by atoms with E-state index in [4.69, 9.17) is 0 Å². The third-order valence-electron chi connectivity index (χ3n) is 4.68. The second kappa shape index (κ2) is 9.82. The maximum Gasteiger partial charge on any atom is 0.327 e. The zero-order valence-corrected chi connectivity index (χ0v) is 16.5. The molecule has 1 atom stereocenters. The van der Waals surface area contributed by atoms with Gasteiger partial charge in [0, 0.05) is 17.7 Å². The highest BCUT2D eigenvalue weighted by atomic mass is 16.5. The van der Waals surface area contributed by atoms with E-state index in [0.29, 0.717) is 16.7 Å². The molecule has 5 heteroatoms. The van der Waals surface area contributed by atoms with E-state index in [0.717, 1.165) is 12.1 Å². The Morgan fingerprint density at radius 3 is 2.27 bits per heavy atom. The van der Waals surface area contributed by atoms with Crippen LogP contribution in [0.3, 0.4) is 0 Å². The van der Waals surface area contributed by atoms with Crippen LogP contribution in [0.5, 0.6) is 0 Å². The van der Waals surface area contributed by atoms with Crippen LogP contribution in [0.1, 0.15) is 28.2 Å². The Morgan fingerprint density at radius 1 is 1.03 bits per heavy atom. The summed E-state index contributed by atoms with van der Waals surface area (Å²) >= 11 is 0. The molecule has 1 heterocycles. The van der Waals surface area contributed by atoms with Crippen molar-refractivity contribution < 1.29 is 14.1 Å². The molecule has 0 radical (unpaired) electrons.